The standard InChI is InChI=1S/C15H17BrN2O2/c16-11-3-4-12-10(7-11)8-13(20-12)14(19)18-15(9-17)5-1-2-6-15/h3-4,7-8H,1-2,5-6,9,17H2,(H,18,19). The van der Waals surface area contributed by atoms with Crippen LogP contribution in [0.15, 0.2) is 33.2 Å². The average molecular weight is 337 g/mol. The average Bonchev–Trinajstić information content (AvgIpc) is 3.05. The van der Waals surface area contributed by atoms with E-state index in [9.17, 15) is 4.79 Å². The highest BCUT2D eigenvalue weighted by Crippen LogP contribution is 2.29. The summed E-state index contributed by atoms with van der Waals surface area (Å²) in [7, 11) is 0. The first-order valence-electron chi connectivity index (χ1n) is 6.84. The fourth-order valence-corrected chi connectivity index (χ4v) is 3.24. The lowest BCUT2D eigenvalue weighted by molar-refractivity contribution is 0.0876. The highest BCUT2D eigenvalue weighted by molar-refractivity contribution is 9.10. The van der Waals surface area contributed by atoms with E-state index in [0.29, 0.717) is 17.9 Å². The molecule has 0 aliphatic heterocycles. The smallest absolute Gasteiger partial charge is 0.287 e. The van der Waals surface area contributed by atoms with Crippen LogP contribution in [0.4, 0.5) is 0 Å². The number of fused-ring (bicyclic) bond motifs is 1. The fraction of sp³-hybridized carbons (Fsp3) is 0.400. The number of furan rings is 1. The Hall–Kier alpha value is -1.33. The number of nitrogens with two attached hydrogens (primary N) is 1. The zero-order valence-corrected chi connectivity index (χ0v) is 12.7. The van der Waals surface area contributed by atoms with E-state index in [0.717, 1.165) is 35.5 Å². The molecule has 1 heterocycles. The van der Waals surface area contributed by atoms with Gasteiger partial charge in [-0.3, -0.25) is 4.79 Å². The quantitative estimate of drug-likeness (QED) is 0.904. The van der Waals surface area contributed by atoms with E-state index in [1.807, 2.05) is 18.2 Å². The molecule has 1 aliphatic rings. The highest BCUT2D eigenvalue weighted by Gasteiger charge is 2.34. The Morgan fingerprint density at radius 1 is 1.35 bits per heavy atom. The molecule has 1 fully saturated rings. The Balaban J connectivity index is 1.85. The van der Waals surface area contributed by atoms with Gasteiger partial charge in [-0.1, -0.05) is 28.8 Å². The molecule has 20 heavy (non-hydrogen) atoms. The van der Waals surface area contributed by atoms with E-state index in [2.05, 4.69) is 21.2 Å². The van der Waals surface area contributed by atoms with Crippen molar-refractivity contribution in [1.29, 1.82) is 0 Å². The first kappa shape index (κ1) is 13.6. The van der Waals surface area contributed by atoms with Crippen LogP contribution in [-0.2, 0) is 0 Å². The second-order valence-electron chi connectivity index (χ2n) is 5.44. The van der Waals surface area contributed by atoms with Crippen LogP contribution in [0, 0.1) is 0 Å². The minimum atomic E-state index is -0.253. The van der Waals surface area contributed by atoms with E-state index in [1.165, 1.54) is 0 Å². The van der Waals surface area contributed by atoms with Gasteiger partial charge in [0.05, 0.1) is 5.54 Å². The maximum absolute atomic E-state index is 12.3. The number of hydrogen-bond acceptors (Lipinski definition) is 3. The van der Waals surface area contributed by atoms with Crippen molar-refractivity contribution < 1.29 is 9.21 Å². The SMILES string of the molecule is NCC1(NC(=O)c2cc3cc(Br)ccc3o2)CCCC1. The maximum Gasteiger partial charge on any atom is 0.287 e. The summed E-state index contributed by atoms with van der Waals surface area (Å²) in [4.78, 5) is 12.3. The first-order chi connectivity index (χ1) is 9.62. The van der Waals surface area contributed by atoms with Crippen LogP contribution in [0.5, 0.6) is 0 Å². The van der Waals surface area contributed by atoms with Gasteiger partial charge in [0.1, 0.15) is 5.58 Å². The van der Waals surface area contributed by atoms with Gasteiger partial charge in [0.15, 0.2) is 5.76 Å². The summed E-state index contributed by atoms with van der Waals surface area (Å²) in [6.45, 7) is 0.477. The third-order valence-electron chi connectivity index (χ3n) is 4.03. The van der Waals surface area contributed by atoms with Gasteiger partial charge in [-0.05, 0) is 37.1 Å². The molecule has 5 heteroatoms. The number of hydrogen-bond donors (Lipinski definition) is 2. The molecule has 4 nitrogen and oxygen atoms in total. The normalized spacial score (nSPS) is 17.5. The molecule has 0 atom stereocenters. The molecular formula is C15H17BrN2O2. The fourth-order valence-electron chi connectivity index (χ4n) is 2.86. The van der Waals surface area contributed by atoms with E-state index in [-0.39, 0.29) is 11.4 Å². The van der Waals surface area contributed by atoms with Gasteiger partial charge in [-0.15, -0.1) is 0 Å². The molecule has 0 radical (unpaired) electrons. The summed E-state index contributed by atoms with van der Waals surface area (Å²) in [5.41, 5.74) is 6.30. The van der Waals surface area contributed by atoms with Crippen molar-refractivity contribution in [3.63, 3.8) is 0 Å². The van der Waals surface area contributed by atoms with Crippen LogP contribution in [0.1, 0.15) is 36.2 Å². The van der Waals surface area contributed by atoms with Crippen molar-refractivity contribution in [2.75, 3.05) is 6.54 Å². The predicted molar refractivity (Wildman–Crippen MR) is 81.6 cm³/mol. The third kappa shape index (κ3) is 2.47. The Bertz CT molecular complexity index is 644. The minimum Gasteiger partial charge on any atom is -0.451 e. The molecule has 2 aromatic rings. The largest absolute Gasteiger partial charge is 0.451 e. The Morgan fingerprint density at radius 2 is 2.10 bits per heavy atom. The number of carbonyl (C=O) groups is 1. The summed E-state index contributed by atoms with van der Waals surface area (Å²) in [5.74, 6) is 0.169. The van der Waals surface area contributed by atoms with Crippen LogP contribution in [0.2, 0.25) is 0 Å². The number of nitrogens with one attached hydrogen (secondary N) is 1. The van der Waals surface area contributed by atoms with Gasteiger partial charge in [0.2, 0.25) is 0 Å². The molecule has 1 saturated carbocycles. The molecule has 0 spiro atoms. The molecule has 0 unspecified atom stereocenters. The first-order valence-corrected chi connectivity index (χ1v) is 7.63. The summed E-state index contributed by atoms with van der Waals surface area (Å²) in [6.07, 6.45) is 4.12. The minimum absolute atomic E-state index is 0.176. The maximum atomic E-state index is 12.3. The summed E-state index contributed by atoms with van der Waals surface area (Å²) < 4.78 is 6.58. The second kappa shape index (κ2) is 5.22. The van der Waals surface area contributed by atoms with Crippen LogP contribution < -0.4 is 11.1 Å². The molecule has 1 aromatic carbocycles. The van der Waals surface area contributed by atoms with Crippen molar-refractivity contribution in [3.8, 4) is 0 Å². The molecule has 0 bridgehead atoms. The number of rotatable bonds is 3. The van der Waals surface area contributed by atoms with Crippen molar-refractivity contribution in [1.82, 2.24) is 5.32 Å². The Morgan fingerprint density at radius 3 is 2.80 bits per heavy atom. The number of benzene rings is 1. The molecule has 0 saturated heterocycles. The van der Waals surface area contributed by atoms with Crippen LogP contribution >= 0.6 is 15.9 Å². The highest BCUT2D eigenvalue weighted by atomic mass is 79.9. The van der Waals surface area contributed by atoms with E-state index >= 15 is 0 Å². The second-order valence-corrected chi connectivity index (χ2v) is 6.35. The number of halogens is 1. The Labute approximate surface area is 125 Å². The van der Waals surface area contributed by atoms with E-state index in [4.69, 9.17) is 10.2 Å². The lowest BCUT2D eigenvalue weighted by atomic mass is 9.98. The van der Waals surface area contributed by atoms with Gasteiger partial charge in [0.25, 0.3) is 5.91 Å². The lowest BCUT2D eigenvalue weighted by Crippen LogP contribution is -2.51. The van der Waals surface area contributed by atoms with Gasteiger partial charge in [-0.2, -0.15) is 0 Å². The predicted octanol–water partition coefficient (Wildman–Crippen LogP) is 3.20. The molecule has 1 amide bonds. The Kier molecular flexibility index (Phi) is 3.56. The van der Waals surface area contributed by atoms with E-state index < -0.39 is 0 Å². The van der Waals surface area contributed by atoms with Crippen molar-refractivity contribution in [2.24, 2.45) is 5.73 Å². The molecule has 1 aromatic heterocycles. The summed E-state index contributed by atoms with van der Waals surface area (Å²) in [6, 6.07) is 7.45. The van der Waals surface area contributed by atoms with Crippen molar-refractivity contribution in [3.05, 3.63) is 34.5 Å². The number of amides is 1. The number of carbonyl (C=O) groups excluding carboxylic acids is 1. The molecule has 1 aliphatic carbocycles. The molecule has 3 rings (SSSR count). The van der Waals surface area contributed by atoms with E-state index in [1.54, 1.807) is 6.07 Å². The van der Waals surface area contributed by atoms with Crippen molar-refractivity contribution in [2.45, 2.75) is 31.2 Å². The summed E-state index contributed by atoms with van der Waals surface area (Å²) >= 11 is 3.41. The molecule has 3 N–H and O–H groups in total. The monoisotopic (exact) mass is 336 g/mol. The van der Waals surface area contributed by atoms with Crippen LogP contribution in [0.3, 0.4) is 0 Å². The van der Waals surface area contributed by atoms with Crippen LogP contribution in [0.25, 0.3) is 11.0 Å². The topological polar surface area (TPSA) is 68.3 Å². The molecular weight excluding hydrogens is 320 g/mol. The molecule has 106 valence electrons. The third-order valence-corrected chi connectivity index (χ3v) is 4.53. The zero-order chi connectivity index (χ0) is 14.2. The van der Waals surface area contributed by atoms with Gasteiger partial charge < -0.3 is 15.5 Å². The van der Waals surface area contributed by atoms with Gasteiger partial charge in [-0.25, -0.2) is 0 Å². The summed E-state index contributed by atoms with van der Waals surface area (Å²) in [5, 5.41) is 3.98. The zero-order valence-electron chi connectivity index (χ0n) is 11.1. The van der Waals surface area contributed by atoms with Gasteiger partial charge in [0, 0.05) is 16.4 Å². The lowest BCUT2D eigenvalue weighted by Gasteiger charge is -2.28. The van der Waals surface area contributed by atoms with Crippen LogP contribution in [-0.4, -0.2) is 18.0 Å². The van der Waals surface area contributed by atoms with Gasteiger partial charge >= 0.3 is 0 Å². The van der Waals surface area contributed by atoms with Crippen molar-refractivity contribution >= 4 is 32.8 Å².